The first-order valence-corrected chi connectivity index (χ1v) is 23.4. The lowest BCUT2D eigenvalue weighted by Crippen LogP contribution is -2.14. The molecule has 6 rings (SSSR count). The number of ether oxygens (including phenoxy) is 7. The molecule has 3 aromatic carbocycles. The van der Waals surface area contributed by atoms with Gasteiger partial charge >= 0.3 is 41.8 Å². The number of carbonyl (C=O) groups excluding carboxylic acids is 7. The third-order valence-corrected chi connectivity index (χ3v) is 8.99. The van der Waals surface area contributed by atoms with E-state index in [4.69, 9.17) is 39.0 Å². The van der Waals surface area contributed by atoms with Gasteiger partial charge in [-0.3, -0.25) is 14.4 Å². The van der Waals surface area contributed by atoms with E-state index in [0.29, 0.717) is 57.8 Å². The number of carbonyl (C=O) groups is 7. The highest BCUT2D eigenvalue weighted by atomic mass is 16.6. The average molecular weight is 979 g/mol. The fraction of sp³-hybridized carbons (Fsp3) is 0.453. The summed E-state index contributed by atoms with van der Waals surface area (Å²) < 4.78 is 33.3. The van der Waals surface area contributed by atoms with Gasteiger partial charge in [-0.15, -0.1) is 0 Å². The summed E-state index contributed by atoms with van der Waals surface area (Å²) in [7, 11) is 0. The maximum absolute atomic E-state index is 11.6. The van der Waals surface area contributed by atoms with E-state index in [1.54, 1.807) is 0 Å². The smallest absolute Gasteiger partial charge is 0.338 e. The van der Waals surface area contributed by atoms with Crippen LogP contribution in [-0.2, 0) is 86.5 Å². The second-order valence-electron chi connectivity index (χ2n) is 15.5. The van der Waals surface area contributed by atoms with Gasteiger partial charge in [0.1, 0.15) is 19.8 Å². The molecule has 3 aliphatic rings. The predicted molar refractivity (Wildman–Crippen MR) is 257 cm³/mol. The van der Waals surface area contributed by atoms with Gasteiger partial charge in [-0.25, -0.2) is 19.2 Å². The van der Waals surface area contributed by atoms with Gasteiger partial charge in [-0.2, -0.15) is 0 Å². The maximum Gasteiger partial charge on any atom is 0.338 e. The van der Waals surface area contributed by atoms with Gasteiger partial charge < -0.3 is 48.5 Å². The van der Waals surface area contributed by atoms with Crippen molar-refractivity contribution in [3.8, 4) is 0 Å². The van der Waals surface area contributed by atoms with E-state index < -0.39 is 30.0 Å². The van der Waals surface area contributed by atoms with Crippen LogP contribution in [0.4, 0.5) is 0 Å². The van der Waals surface area contributed by atoms with Crippen LogP contribution >= 0.6 is 0 Å². The molecule has 17 heteroatoms. The molecule has 3 N–H and O–H groups in total. The molecule has 3 aliphatic heterocycles. The zero-order chi connectivity index (χ0) is 51.5. The van der Waals surface area contributed by atoms with Gasteiger partial charge in [0.2, 0.25) is 0 Å². The van der Waals surface area contributed by atoms with Crippen molar-refractivity contribution in [2.45, 2.75) is 123 Å². The lowest BCUT2D eigenvalue weighted by molar-refractivity contribution is -0.150. The van der Waals surface area contributed by atoms with E-state index in [1.165, 1.54) is 6.92 Å². The second-order valence-corrected chi connectivity index (χ2v) is 15.5. The molecule has 384 valence electrons. The molecule has 2 atom stereocenters. The molecule has 2 fully saturated rings. The molecule has 70 heavy (non-hydrogen) atoms. The monoisotopic (exact) mass is 978 g/mol. The van der Waals surface area contributed by atoms with Crippen LogP contribution in [0.3, 0.4) is 0 Å². The second kappa shape index (κ2) is 41.4. The Morgan fingerprint density at radius 2 is 1.11 bits per heavy atom. The summed E-state index contributed by atoms with van der Waals surface area (Å²) in [6.45, 7) is 6.17. The van der Waals surface area contributed by atoms with Crippen molar-refractivity contribution < 1.29 is 82.0 Å². The summed E-state index contributed by atoms with van der Waals surface area (Å²) in [6, 6.07) is 28.6. The van der Waals surface area contributed by atoms with Crippen LogP contribution in [0.15, 0.2) is 115 Å². The Morgan fingerprint density at radius 1 is 0.643 bits per heavy atom. The van der Waals surface area contributed by atoms with Crippen LogP contribution < -0.4 is 0 Å². The molecular weight excluding hydrogens is 909 g/mol. The van der Waals surface area contributed by atoms with Crippen molar-refractivity contribution in [3.05, 3.63) is 132 Å². The van der Waals surface area contributed by atoms with Gasteiger partial charge in [0.15, 0.2) is 0 Å². The fourth-order valence-corrected chi connectivity index (χ4v) is 5.12. The van der Waals surface area contributed by atoms with Crippen molar-refractivity contribution in [3.63, 3.8) is 0 Å². The quantitative estimate of drug-likeness (QED) is 0.0260. The summed E-state index contributed by atoms with van der Waals surface area (Å²) >= 11 is 0. The minimum atomic E-state index is -0.759. The number of cyclic esters (lactones) is 3. The zero-order valence-electron chi connectivity index (χ0n) is 40.3. The Bertz CT molecular complexity index is 1920. The normalized spacial score (nSPS) is 14.4. The molecule has 0 amide bonds. The van der Waals surface area contributed by atoms with Gasteiger partial charge in [0.25, 0.3) is 0 Å². The number of aliphatic hydroxyl groups excluding tert-OH is 3. The van der Waals surface area contributed by atoms with Crippen molar-refractivity contribution in [1.82, 2.24) is 0 Å². The fourth-order valence-electron chi connectivity index (χ4n) is 5.12. The predicted octanol–water partition coefficient (Wildman–Crippen LogP) is 6.91. The first-order valence-electron chi connectivity index (χ1n) is 23.4. The summed E-state index contributed by atoms with van der Waals surface area (Å²) in [5, 5.41) is 26.1. The first-order chi connectivity index (χ1) is 33.8. The molecule has 2 unspecified atom stereocenters. The Kier molecular flexibility index (Phi) is 36.4. The van der Waals surface area contributed by atoms with E-state index in [-0.39, 0.29) is 50.9 Å². The van der Waals surface area contributed by atoms with Crippen LogP contribution in [-0.4, -0.2) is 102 Å². The van der Waals surface area contributed by atoms with Gasteiger partial charge in [0, 0.05) is 50.2 Å². The van der Waals surface area contributed by atoms with Gasteiger partial charge in [-0.1, -0.05) is 97.4 Å². The number of rotatable bonds is 20. The zero-order valence-corrected chi connectivity index (χ0v) is 40.3. The molecule has 0 aromatic heterocycles. The topological polar surface area (TPSA) is 248 Å². The van der Waals surface area contributed by atoms with E-state index in [9.17, 15) is 33.6 Å². The highest BCUT2D eigenvalue weighted by Gasteiger charge is 2.13. The largest absolute Gasteiger partial charge is 0.466 e. The van der Waals surface area contributed by atoms with E-state index in [0.717, 1.165) is 86.1 Å². The number of hydrogen-bond acceptors (Lipinski definition) is 17. The third-order valence-electron chi connectivity index (χ3n) is 8.99. The first kappa shape index (κ1) is 61.5. The average Bonchev–Trinajstić information content (AvgIpc) is 4.13. The molecule has 17 nitrogen and oxygen atoms in total. The van der Waals surface area contributed by atoms with Crippen molar-refractivity contribution in [2.75, 3.05) is 33.0 Å². The third kappa shape index (κ3) is 39.5. The molecule has 0 bridgehead atoms. The number of aliphatic hydroxyl groups is 3. The molecule has 0 radical (unpaired) electrons. The van der Waals surface area contributed by atoms with E-state index in [2.05, 4.69) is 16.4 Å². The lowest BCUT2D eigenvalue weighted by atomic mass is 10.2. The van der Waals surface area contributed by atoms with Crippen molar-refractivity contribution >= 4 is 41.8 Å². The molecular formula is C53H70O17. The number of hydrogen-bond donors (Lipinski definition) is 3. The number of benzene rings is 3. The Balaban J connectivity index is 0.000000474. The standard InChI is InChI=1S/C20H26O7.C13H18O3.C7H8O.C6H10O2.C4H2O3.C3H6O/c1-16(21)14-26-20(24)12-11-19(23)25-13-7-3-6-10-18(22)27-15-17-8-4-2-5-9-17;14-10-6-2-5-9-13(15)16-11-12-7-3-1-4-8-12;8-6-7-4-2-1-3-5-7;7-6-4-2-1-3-5-8-6;5-3-1-2-4(6)7-3;1-3-2-4-3/h2,4-5,8-9,11-12,16,21H,3,6-7,10,13-15H2,1H3;1,3-4,7-8,14H,2,5-6,9-11H2;1-5,8H,6H2;1-5H2;1-2H;3H,2H2,1H3/b12-11-;;;;;. The van der Waals surface area contributed by atoms with E-state index in [1.807, 2.05) is 91.0 Å². The molecule has 0 saturated carbocycles. The molecule has 3 heterocycles. The minimum Gasteiger partial charge on any atom is -0.466 e. The Hall–Kier alpha value is -6.53. The SMILES string of the molecule is CC(O)COC(=O)/C=C\C(=O)OCCCCCC(=O)OCc1ccccc1.CC1CO1.O=C(CCCCCO)OCc1ccccc1.O=C1C=CC(=O)O1.O=C1CCCCCO1.OCc1ccccc1. The Morgan fingerprint density at radius 3 is 1.53 bits per heavy atom. The van der Waals surface area contributed by atoms with E-state index >= 15 is 0 Å². The van der Waals surface area contributed by atoms with Crippen molar-refractivity contribution in [1.29, 1.82) is 0 Å². The highest BCUT2D eigenvalue weighted by molar-refractivity contribution is 6.04. The van der Waals surface area contributed by atoms with Crippen LogP contribution in [0.1, 0.15) is 108 Å². The van der Waals surface area contributed by atoms with Crippen LogP contribution in [0.25, 0.3) is 0 Å². The van der Waals surface area contributed by atoms with Crippen LogP contribution in [0, 0.1) is 0 Å². The Labute approximate surface area is 410 Å². The molecule has 0 spiro atoms. The lowest BCUT2D eigenvalue weighted by Gasteiger charge is -2.05. The van der Waals surface area contributed by atoms with Crippen LogP contribution in [0.2, 0.25) is 0 Å². The number of unbranched alkanes of at least 4 members (excludes halogenated alkanes) is 4. The molecule has 3 aromatic rings. The summed E-state index contributed by atoms with van der Waals surface area (Å²) in [5.74, 6) is -2.97. The maximum atomic E-state index is 11.6. The summed E-state index contributed by atoms with van der Waals surface area (Å²) in [4.78, 5) is 75.8. The van der Waals surface area contributed by atoms with Gasteiger partial charge in [0.05, 0.1) is 38.6 Å². The minimum absolute atomic E-state index is 0.0255. The number of esters is 7. The molecule has 0 aliphatic carbocycles. The molecule has 2 saturated heterocycles. The summed E-state index contributed by atoms with van der Waals surface area (Å²) in [5.41, 5.74) is 2.92. The van der Waals surface area contributed by atoms with Crippen LogP contribution in [0.5, 0.6) is 0 Å². The summed E-state index contributed by atoms with van der Waals surface area (Å²) in [6.07, 6.45) is 12.9. The van der Waals surface area contributed by atoms with Crippen molar-refractivity contribution in [2.24, 2.45) is 0 Å². The van der Waals surface area contributed by atoms with Gasteiger partial charge in [-0.05, 0) is 81.9 Å². The number of epoxide rings is 1. The highest BCUT2D eigenvalue weighted by Crippen LogP contribution is 2.08.